The molecule has 0 aliphatic rings. The van der Waals surface area contributed by atoms with E-state index in [-0.39, 0.29) is 16.6 Å². The Kier molecular flexibility index (Phi) is 5.45. The fourth-order valence-electron chi connectivity index (χ4n) is 1.64. The van der Waals surface area contributed by atoms with Gasteiger partial charge in [-0.3, -0.25) is 10.1 Å². The number of carbonyl (C=O) groups excluding carboxylic acids is 1. The molecule has 0 aliphatic heterocycles. The molecule has 2 aromatic carbocycles. The van der Waals surface area contributed by atoms with Crippen LogP contribution in [0.1, 0.15) is 20.7 Å². The first-order valence-electron chi connectivity index (χ1n) is 6.17. The van der Waals surface area contributed by atoms with Crippen molar-refractivity contribution in [1.29, 1.82) is 0 Å². The van der Waals surface area contributed by atoms with Gasteiger partial charge in [0.05, 0.1) is 5.56 Å². The van der Waals surface area contributed by atoms with Crippen molar-refractivity contribution in [3.63, 3.8) is 0 Å². The van der Waals surface area contributed by atoms with Crippen molar-refractivity contribution in [3.05, 3.63) is 63.2 Å². The van der Waals surface area contributed by atoms with Crippen molar-refractivity contribution < 1.29 is 14.7 Å². The molecular formula is C15H11IN2O3S. The maximum Gasteiger partial charge on any atom is 0.335 e. The number of aromatic carboxylic acids is 1. The molecule has 0 unspecified atom stereocenters. The van der Waals surface area contributed by atoms with Crippen LogP contribution in [0.15, 0.2) is 48.5 Å². The number of halogens is 1. The molecule has 0 spiro atoms. The maximum absolute atomic E-state index is 12.0. The summed E-state index contributed by atoms with van der Waals surface area (Å²) in [6.07, 6.45) is 0. The van der Waals surface area contributed by atoms with Gasteiger partial charge in [0.1, 0.15) is 0 Å². The highest BCUT2D eigenvalue weighted by atomic mass is 127. The van der Waals surface area contributed by atoms with Gasteiger partial charge in [-0.05, 0) is 83.3 Å². The summed E-state index contributed by atoms with van der Waals surface area (Å²) < 4.78 is 1.04. The van der Waals surface area contributed by atoms with E-state index in [9.17, 15) is 9.59 Å². The molecule has 5 nitrogen and oxygen atoms in total. The Hall–Kier alpha value is -2.00. The second-order valence-electron chi connectivity index (χ2n) is 4.30. The molecule has 7 heteroatoms. The summed E-state index contributed by atoms with van der Waals surface area (Å²) in [6.45, 7) is 0. The summed E-state index contributed by atoms with van der Waals surface area (Å²) in [6, 6.07) is 13.1. The zero-order valence-corrected chi connectivity index (χ0v) is 14.1. The lowest BCUT2D eigenvalue weighted by atomic mass is 10.2. The smallest absolute Gasteiger partial charge is 0.335 e. The van der Waals surface area contributed by atoms with Crippen LogP contribution in [-0.4, -0.2) is 22.1 Å². The predicted molar refractivity (Wildman–Crippen MR) is 96.2 cm³/mol. The average molecular weight is 426 g/mol. The first kappa shape index (κ1) is 16.4. The molecule has 2 rings (SSSR count). The lowest BCUT2D eigenvalue weighted by Crippen LogP contribution is -2.34. The summed E-state index contributed by atoms with van der Waals surface area (Å²) in [5.74, 6) is -1.31. The quantitative estimate of drug-likeness (QED) is 0.520. The van der Waals surface area contributed by atoms with Gasteiger partial charge in [-0.2, -0.15) is 0 Å². The van der Waals surface area contributed by atoms with Gasteiger partial charge in [0, 0.05) is 14.8 Å². The van der Waals surface area contributed by atoms with Crippen LogP contribution in [0.25, 0.3) is 0 Å². The molecular weight excluding hydrogens is 415 g/mol. The van der Waals surface area contributed by atoms with Crippen molar-refractivity contribution in [3.8, 4) is 0 Å². The third kappa shape index (κ3) is 4.50. The predicted octanol–water partition coefficient (Wildman–Crippen LogP) is 3.12. The van der Waals surface area contributed by atoms with Crippen molar-refractivity contribution >= 4 is 57.5 Å². The van der Waals surface area contributed by atoms with Crippen LogP contribution in [-0.2, 0) is 0 Å². The van der Waals surface area contributed by atoms with Gasteiger partial charge >= 0.3 is 5.97 Å². The standard InChI is InChI=1S/C15H11IN2O3S/c16-11-5-1-9(2-6-11)13(19)18-15(22)17-12-7-3-10(4-8-12)14(20)21/h1-8H,(H,20,21)(H2,17,18,19,22). The molecule has 0 saturated heterocycles. The monoisotopic (exact) mass is 426 g/mol. The Balaban J connectivity index is 1.96. The van der Waals surface area contributed by atoms with Gasteiger partial charge in [-0.25, -0.2) is 4.79 Å². The third-order valence-electron chi connectivity index (χ3n) is 2.72. The van der Waals surface area contributed by atoms with Crippen LogP contribution < -0.4 is 10.6 Å². The summed E-state index contributed by atoms with van der Waals surface area (Å²) in [7, 11) is 0. The van der Waals surface area contributed by atoms with Crippen LogP contribution in [0.4, 0.5) is 5.69 Å². The number of carboxylic acid groups (broad SMARTS) is 1. The number of nitrogens with one attached hydrogen (secondary N) is 2. The van der Waals surface area contributed by atoms with Crippen molar-refractivity contribution in [1.82, 2.24) is 5.32 Å². The molecule has 2 aromatic rings. The zero-order chi connectivity index (χ0) is 16.1. The molecule has 0 atom stereocenters. The van der Waals surface area contributed by atoms with Crippen LogP contribution in [0.2, 0.25) is 0 Å². The van der Waals surface area contributed by atoms with E-state index in [4.69, 9.17) is 17.3 Å². The molecule has 0 aromatic heterocycles. The lowest BCUT2D eigenvalue weighted by molar-refractivity contribution is 0.0696. The van der Waals surface area contributed by atoms with E-state index in [1.165, 1.54) is 12.1 Å². The summed E-state index contributed by atoms with van der Waals surface area (Å²) >= 11 is 7.22. The van der Waals surface area contributed by atoms with E-state index >= 15 is 0 Å². The minimum Gasteiger partial charge on any atom is -0.478 e. The molecule has 0 saturated carbocycles. The molecule has 0 bridgehead atoms. The fourth-order valence-corrected chi connectivity index (χ4v) is 2.21. The zero-order valence-electron chi connectivity index (χ0n) is 11.2. The number of carbonyl (C=O) groups is 2. The van der Waals surface area contributed by atoms with E-state index in [1.807, 2.05) is 12.1 Å². The third-order valence-corrected chi connectivity index (χ3v) is 3.65. The van der Waals surface area contributed by atoms with E-state index in [2.05, 4.69) is 33.2 Å². The lowest BCUT2D eigenvalue weighted by Gasteiger charge is -2.09. The Morgan fingerprint density at radius 3 is 2.05 bits per heavy atom. The topological polar surface area (TPSA) is 78.4 Å². The van der Waals surface area contributed by atoms with Crippen LogP contribution >= 0.6 is 34.8 Å². The van der Waals surface area contributed by atoms with Crippen molar-refractivity contribution in [2.45, 2.75) is 0 Å². The SMILES string of the molecule is O=C(O)c1ccc(NC(=S)NC(=O)c2ccc(I)cc2)cc1. The second-order valence-corrected chi connectivity index (χ2v) is 5.95. The van der Waals surface area contributed by atoms with E-state index < -0.39 is 5.97 Å². The number of amides is 1. The normalized spacial score (nSPS) is 9.86. The summed E-state index contributed by atoms with van der Waals surface area (Å²) in [5, 5.41) is 14.4. The van der Waals surface area contributed by atoms with Gasteiger partial charge in [-0.1, -0.05) is 0 Å². The number of rotatable bonds is 3. The molecule has 22 heavy (non-hydrogen) atoms. The Morgan fingerprint density at radius 1 is 0.955 bits per heavy atom. The maximum atomic E-state index is 12.0. The average Bonchev–Trinajstić information content (AvgIpc) is 2.48. The number of hydrogen-bond donors (Lipinski definition) is 3. The fraction of sp³-hybridized carbons (Fsp3) is 0. The number of anilines is 1. The second kappa shape index (κ2) is 7.32. The molecule has 0 heterocycles. The van der Waals surface area contributed by atoms with Crippen LogP contribution in [0.3, 0.4) is 0 Å². The highest BCUT2D eigenvalue weighted by molar-refractivity contribution is 14.1. The van der Waals surface area contributed by atoms with Crippen molar-refractivity contribution in [2.75, 3.05) is 5.32 Å². The number of benzene rings is 2. The highest BCUT2D eigenvalue weighted by Crippen LogP contribution is 2.10. The molecule has 112 valence electrons. The molecule has 1 amide bonds. The number of hydrogen-bond acceptors (Lipinski definition) is 3. The van der Waals surface area contributed by atoms with E-state index in [1.54, 1.807) is 24.3 Å². The molecule has 0 radical (unpaired) electrons. The Morgan fingerprint density at radius 2 is 1.50 bits per heavy atom. The van der Waals surface area contributed by atoms with E-state index in [0.717, 1.165) is 3.57 Å². The molecule has 0 fully saturated rings. The first-order valence-corrected chi connectivity index (χ1v) is 7.65. The number of carboxylic acids is 1. The summed E-state index contributed by atoms with van der Waals surface area (Å²) in [5.41, 5.74) is 1.28. The summed E-state index contributed by atoms with van der Waals surface area (Å²) in [4.78, 5) is 22.7. The highest BCUT2D eigenvalue weighted by Gasteiger charge is 2.08. The van der Waals surface area contributed by atoms with Crippen molar-refractivity contribution in [2.24, 2.45) is 0 Å². The van der Waals surface area contributed by atoms with Crippen LogP contribution in [0.5, 0.6) is 0 Å². The molecule has 0 aliphatic carbocycles. The van der Waals surface area contributed by atoms with E-state index in [0.29, 0.717) is 11.3 Å². The number of thiocarbonyl (C=S) groups is 1. The largest absolute Gasteiger partial charge is 0.478 e. The Labute approximate surface area is 145 Å². The minimum atomic E-state index is -0.999. The minimum absolute atomic E-state index is 0.145. The van der Waals surface area contributed by atoms with Gasteiger partial charge in [0.15, 0.2) is 5.11 Å². The first-order chi connectivity index (χ1) is 10.5. The van der Waals surface area contributed by atoms with Gasteiger partial charge < -0.3 is 10.4 Å². The van der Waals surface area contributed by atoms with Crippen LogP contribution in [0, 0.1) is 3.57 Å². The van der Waals surface area contributed by atoms with Gasteiger partial charge in [0.25, 0.3) is 5.91 Å². The van der Waals surface area contributed by atoms with Gasteiger partial charge in [-0.15, -0.1) is 0 Å². The Bertz CT molecular complexity index is 715. The van der Waals surface area contributed by atoms with Gasteiger partial charge in [0.2, 0.25) is 0 Å². The molecule has 3 N–H and O–H groups in total.